The number of rotatable bonds is 8. The molecule has 3 aromatic rings. The first kappa shape index (κ1) is 24.9. The lowest BCUT2D eigenvalue weighted by molar-refractivity contribution is -0.114. The highest BCUT2D eigenvalue weighted by Gasteiger charge is 2.32. The third-order valence-electron chi connectivity index (χ3n) is 6.38. The zero-order valence-electron chi connectivity index (χ0n) is 20.8. The lowest BCUT2D eigenvalue weighted by Gasteiger charge is -2.26. The van der Waals surface area contributed by atoms with Crippen LogP contribution < -0.4 is 10.2 Å². The average Bonchev–Trinajstić information content (AvgIpc) is 3.43. The summed E-state index contributed by atoms with van der Waals surface area (Å²) < 4.78 is 30.0. The molecule has 1 saturated heterocycles. The summed E-state index contributed by atoms with van der Waals surface area (Å²) in [5, 5.41) is 8.29. The average molecular weight is 487 g/mol. The molecule has 1 N–H and O–H groups in total. The molecule has 1 amide bonds. The summed E-state index contributed by atoms with van der Waals surface area (Å²) >= 11 is 0. The van der Waals surface area contributed by atoms with Crippen LogP contribution >= 0.6 is 0 Å². The molecular weight excluding hydrogens is 454 g/mol. The fourth-order valence-electron chi connectivity index (χ4n) is 4.59. The number of hydrogen-bond donors (Lipinski definition) is 1. The number of aromatic nitrogens is 5. The molecule has 0 radical (unpaired) electrons. The fourth-order valence-corrected chi connectivity index (χ4v) is 4.59. The summed E-state index contributed by atoms with van der Waals surface area (Å²) in [6.07, 6.45) is 3.15. The van der Waals surface area contributed by atoms with Gasteiger partial charge >= 0.3 is 5.92 Å². The lowest BCUT2D eigenvalue weighted by atomic mass is 10.2. The Kier molecular flexibility index (Phi) is 6.98. The van der Waals surface area contributed by atoms with Gasteiger partial charge in [0.2, 0.25) is 11.7 Å². The molecular formula is C24H32F2N8O. The van der Waals surface area contributed by atoms with E-state index in [9.17, 15) is 13.6 Å². The van der Waals surface area contributed by atoms with E-state index in [1.165, 1.54) is 6.92 Å². The van der Waals surface area contributed by atoms with Crippen molar-refractivity contribution in [3.63, 3.8) is 0 Å². The molecule has 1 atom stereocenters. The highest BCUT2D eigenvalue weighted by atomic mass is 19.3. The molecule has 35 heavy (non-hydrogen) atoms. The number of carbonyl (C=O) groups excluding carboxylic acids is 1. The molecule has 9 nitrogen and oxygen atoms in total. The standard InChI is InChI=1S/C24H32F2N8O/c1-6-16-11-21(30-23(29-16)24(5,25)26)34-19-12-20(28-15(4)35)27-13-18(19)22(31-34)33-10-9-17(14-33)32(7-2)8-3/h11-13,17H,6-10,14H2,1-5H3,(H,27,28,35)/t17-/m1/s1. The summed E-state index contributed by atoms with van der Waals surface area (Å²) in [5.74, 6) is -2.67. The molecule has 1 aliphatic heterocycles. The van der Waals surface area contributed by atoms with Crippen molar-refractivity contribution in [1.82, 2.24) is 29.6 Å². The van der Waals surface area contributed by atoms with Gasteiger partial charge in [0.1, 0.15) is 5.82 Å². The second-order valence-electron chi connectivity index (χ2n) is 8.90. The van der Waals surface area contributed by atoms with Gasteiger partial charge in [-0.25, -0.2) is 19.6 Å². The van der Waals surface area contributed by atoms with Gasteiger partial charge in [-0.1, -0.05) is 20.8 Å². The minimum Gasteiger partial charge on any atom is -0.353 e. The predicted molar refractivity (Wildman–Crippen MR) is 131 cm³/mol. The zero-order valence-corrected chi connectivity index (χ0v) is 20.8. The predicted octanol–water partition coefficient (Wildman–Crippen LogP) is 3.76. The third-order valence-corrected chi connectivity index (χ3v) is 6.38. The number of fused-ring (bicyclic) bond motifs is 1. The normalized spacial score (nSPS) is 16.5. The number of likely N-dealkylation sites (N-methyl/N-ethyl adjacent to an activating group) is 1. The minimum absolute atomic E-state index is 0.254. The summed E-state index contributed by atoms with van der Waals surface area (Å²) in [6.45, 7) is 11.9. The molecule has 0 unspecified atom stereocenters. The second-order valence-corrected chi connectivity index (χ2v) is 8.90. The Bertz CT molecular complexity index is 1220. The van der Waals surface area contributed by atoms with Gasteiger partial charge in [0.25, 0.3) is 0 Å². The second kappa shape index (κ2) is 9.80. The molecule has 0 saturated carbocycles. The van der Waals surface area contributed by atoms with Crippen molar-refractivity contribution < 1.29 is 13.6 Å². The van der Waals surface area contributed by atoms with Crippen LogP contribution in [-0.4, -0.2) is 67.8 Å². The van der Waals surface area contributed by atoms with Gasteiger partial charge in [-0.2, -0.15) is 8.78 Å². The molecule has 11 heteroatoms. The molecule has 188 valence electrons. The van der Waals surface area contributed by atoms with Crippen molar-refractivity contribution in [2.45, 2.75) is 59.4 Å². The molecule has 0 aliphatic carbocycles. The first-order valence-electron chi connectivity index (χ1n) is 12.1. The van der Waals surface area contributed by atoms with Crippen molar-refractivity contribution in [2.75, 3.05) is 36.4 Å². The van der Waals surface area contributed by atoms with Gasteiger partial charge in [0.15, 0.2) is 11.6 Å². The quantitative estimate of drug-likeness (QED) is 0.518. The Morgan fingerprint density at radius 1 is 1.23 bits per heavy atom. The summed E-state index contributed by atoms with van der Waals surface area (Å²) in [7, 11) is 0. The number of alkyl halides is 2. The van der Waals surface area contributed by atoms with Crippen LogP contribution in [0.2, 0.25) is 0 Å². The molecule has 1 fully saturated rings. The van der Waals surface area contributed by atoms with Crippen LogP contribution in [0.1, 0.15) is 52.6 Å². The van der Waals surface area contributed by atoms with Gasteiger partial charge in [0.05, 0.1) is 10.9 Å². The molecule has 0 bridgehead atoms. The van der Waals surface area contributed by atoms with Crippen LogP contribution in [0, 0.1) is 0 Å². The molecule has 4 rings (SSSR count). The summed E-state index contributed by atoms with van der Waals surface area (Å²) in [4.78, 5) is 28.9. The first-order chi connectivity index (χ1) is 16.6. The van der Waals surface area contributed by atoms with Crippen LogP contribution in [0.25, 0.3) is 16.7 Å². The van der Waals surface area contributed by atoms with Crippen molar-refractivity contribution in [2.24, 2.45) is 0 Å². The van der Waals surface area contributed by atoms with E-state index in [0.717, 1.165) is 50.7 Å². The Hall–Kier alpha value is -3.21. The number of carbonyl (C=O) groups is 1. The van der Waals surface area contributed by atoms with E-state index in [-0.39, 0.29) is 11.7 Å². The SMILES string of the molecule is CCc1cc(-n2nc(N3CC[C@@H](N(CC)CC)C3)c3cnc(NC(C)=O)cc32)nc(C(C)(F)F)n1. The van der Waals surface area contributed by atoms with Crippen LogP contribution in [0.15, 0.2) is 18.3 Å². The largest absolute Gasteiger partial charge is 0.353 e. The highest BCUT2D eigenvalue weighted by molar-refractivity contribution is 5.95. The number of amides is 1. The smallest absolute Gasteiger partial charge is 0.303 e. The van der Waals surface area contributed by atoms with E-state index in [1.54, 1.807) is 23.0 Å². The van der Waals surface area contributed by atoms with E-state index in [4.69, 9.17) is 5.10 Å². The number of nitrogens with zero attached hydrogens (tertiary/aromatic N) is 7. The van der Waals surface area contributed by atoms with Gasteiger partial charge in [-0.3, -0.25) is 9.69 Å². The Balaban J connectivity index is 1.85. The maximum atomic E-state index is 14.2. The molecule has 3 aromatic heterocycles. The van der Waals surface area contributed by atoms with E-state index in [0.29, 0.717) is 29.5 Å². The number of hydrogen-bond acceptors (Lipinski definition) is 7. The Morgan fingerprint density at radius 3 is 2.60 bits per heavy atom. The number of anilines is 2. The summed E-state index contributed by atoms with van der Waals surface area (Å²) in [6, 6.07) is 3.78. The minimum atomic E-state index is -3.19. The van der Waals surface area contributed by atoms with E-state index in [1.807, 2.05) is 6.92 Å². The number of nitrogens with one attached hydrogen (secondary N) is 1. The van der Waals surface area contributed by atoms with E-state index < -0.39 is 11.7 Å². The maximum Gasteiger partial charge on any atom is 0.303 e. The molecule has 1 aliphatic rings. The van der Waals surface area contributed by atoms with Gasteiger partial charge in [-0.05, 0) is 25.9 Å². The van der Waals surface area contributed by atoms with Crippen LogP contribution in [-0.2, 0) is 17.1 Å². The Labute approximate surface area is 203 Å². The van der Waals surface area contributed by atoms with Gasteiger partial charge in [-0.15, -0.1) is 5.10 Å². The fraction of sp³-hybridized carbons (Fsp3) is 0.542. The molecule has 0 aromatic carbocycles. The number of aryl methyl sites for hydroxylation is 1. The monoisotopic (exact) mass is 486 g/mol. The number of halogens is 2. The third kappa shape index (κ3) is 5.09. The van der Waals surface area contributed by atoms with Crippen LogP contribution in [0.4, 0.5) is 20.4 Å². The summed E-state index contributed by atoms with van der Waals surface area (Å²) in [5.41, 5.74) is 1.12. The van der Waals surface area contributed by atoms with Crippen LogP contribution in [0.5, 0.6) is 0 Å². The van der Waals surface area contributed by atoms with Gasteiger partial charge in [0, 0.05) is 57.0 Å². The van der Waals surface area contributed by atoms with Gasteiger partial charge < -0.3 is 10.2 Å². The van der Waals surface area contributed by atoms with E-state index in [2.05, 4.69) is 43.9 Å². The zero-order chi connectivity index (χ0) is 25.3. The maximum absolute atomic E-state index is 14.2. The van der Waals surface area contributed by atoms with Crippen LogP contribution in [0.3, 0.4) is 0 Å². The van der Waals surface area contributed by atoms with Crippen molar-refractivity contribution in [3.8, 4) is 5.82 Å². The Morgan fingerprint density at radius 2 is 1.97 bits per heavy atom. The first-order valence-corrected chi connectivity index (χ1v) is 12.1. The topological polar surface area (TPSA) is 92.1 Å². The van der Waals surface area contributed by atoms with Crippen molar-refractivity contribution in [3.05, 3.63) is 29.8 Å². The van der Waals surface area contributed by atoms with Crippen molar-refractivity contribution in [1.29, 1.82) is 0 Å². The highest BCUT2D eigenvalue weighted by Crippen LogP contribution is 2.33. The van der Waals surface area contributed by atoms with E-state index >= 15 is 0 Å². The van der Waals surface area contributed by atoms with Crippen molar-refractivity contribution >= 4 is 28.4 Å². The lowest BCUT2D eigenvalue weighted by Crippen LogP contribution is -2.37. The molecule has 4 heterocycles. The molecule has 0 spiro atoms. The number of pyridine rings is 1.